The first kappa shape index (κ1) is 34.3. The van der Waals surface area contributed by atoms with Gasteiger partial charge in [-0.05, 0) is 17.7 Å². The second kappa shape index (κ2) is 25.8. The van der Waals surface area contributed by atoms with E-state index in [1.54, 1.807) is 30.3 Å². The van der Waals surface area contributed by atoms with E-state index in [-0.39, 0.29) is 23.7 Å². The average molecular weight is 456 g/mol. The molecule has 0 aliphatic heterocycles. The van der Waals surface area contributed by atoms with Crippen molar-refractivity contribution >= 4 is 9.84 Å². The standard InChI is InChI=1S/C16H16O3S.4CO.Fe/c17-20(18,16-10-5-2-6-11-16)13-7-12-19-14-15-8-3-1-4-9-15;4*1-2;/h1-11,13H,12,14H2;;;;;. The summed E-state index contributed by atoms with van der Waals surface area (Å²) in [6, 6.07) is 18.1. The number of benzene rings is 2. The maximum atomic E-state index is 11.9. The van der Waals surface area contributed by atoms with Gasteiger partial charge in [0.2, 0.25) is 0 Å². The van der Waals surface area contributed by atoms with Gasteiger partial charge in [-0.15, -0.1) is 0 Å². The first-order valence-electron chi connectivity index (χ1n) is 7.08. The predicted molar refractivity (Wildman–Crippen MR) is 94.0 cm³/mol. The van der Waals surface area contributed by atoms with Crippen LogP contribution in [0.25, 0.3) is 0 Å². The van der Waals surface area contributed by atoms with Crippen molar-refractivity contribution in [2.75, 3.05) is 6.61 Å². The Morgan fingerprint density at radius 2 is 1.17 bits per heavy atom. The Balaban J connectivity index is -0.000000310. The van der Waals surface area contributed by atoms with E-state index in [0.29, 0.717) is 11.5 Å². The van der Waals surface area contributed by atoms with Crippen LogP contribution in [0.3, 0.4) is 0 Å². The Morgan fingerprint density at radius 1 is 0.759 bits per heavy atom. The molecule has 0 spiro atoms. The van der Waals surface area contributed by atoms with E-state index < -0.39 is 9.84 Å². The van der Waals surface area contributed by atoms with Crippen LogP contribution in [0.5, 0.6) is 0 Å². The number of hydrogen-bond acceptors (Lipinski definition) is 3. The summed E-state index contributed by atoms with van der Waals surface area (Å²) in [5.74, 6) is 1.19. The summed E-state index contributed by atoms with van der Waals surface area (Å²) in [5.41, 5.74) is 1.06. The minimum absolute atomic E-state index is 0. The molecule has 0 fully saturated rings. The van der Waals surface area contributed by atoms with Gasteiger partial charge in [0.1, 0.15) is 0 Å². The summed E-state index contributed by atoms with van der Waals surface area (Å²) in [7, 11) is -3.37. The van der Waals surface area contributed by atoms with Crippen molar-refractivity contribution in [3.63, 3.8) is 0 Å². The van der Waals surface area contributed by atoms with Crippen molar-refractivity contribution < 1.29 is 48.8 Å². The van der Waals surface area contributed by atoms with Gasteiger partial charge >= 0.3 is 45.2 Å². The molecule has 2 radical (unpaired) electrons. The monoisotopic (exact) mass is 456 g/mol. The molecule has 0 aliphatic rings. The quantitative estimate of drug-likeness (QED) is 0.276. The summed E-state index contributed by atoms with van der Waals surface area (Å²) in [5, 5.41) is 0. The molecule has 2 aromatic rings. The van der Waals surface area contributed by atoms with Gasteiger partial charge in [0.25, 0.3) is 0 Å². The zero-order chi connectivity index (χ0) is 22.3. The van der Waals surface area contributed by atoms with Crippen LogP contribution in [-0.4, -0.2) is 15.0 Å². The molecule has 0 amide bonds. The van der Waals surface area contributed by atoms with Gasteiger partial charge in [-0.1, -0.05) is 48.5 Å². The maximum absolute atomic E-state index is 11.9. The van der Waals surface area contributed by atoms with E-state index in [1.807, 2.05) is 30.3 Å². The molecule has 0 aliphatic carbocycles. The van der Waals surface area contributed by atoms with Gasteiger partial charge in [-0.25, -0.2) is 8.42 Å². The number of sulfone groups is 1. The molecule has 29 heavy (non-hydrogen) atoms. The minimum Gasteiger partial charge on any atom is 0 e. The minimum atomic E-state index is -3.37. The summed E-state index contributed by atoms with van der Waals surface area (Å²) in [4.78, 5) is 0.291. The molecule has 0 bridgehead atoms. The molecule has 0 saturated heterocycles. The molecule has 0 unspecified atom stereocenters. The SMILES string of the molecule is O=S(=O)([CH][CH]COCc1ccccc1)c1ccccc1.[C-]#[O+].[C-]#[O+].[C-]#[O+].[C-]#[O+].[Fe]. The van der Waals surface area contributed by atoms with Crippen LogP contribution >= 0.6 is 0 Å². The van der Waals surface area contributed by atoms with Gasteiger partial charge < -0.3 is 4.74 Å². The second-order valence-corrected chi connectivity index (χ2v) is 6.06. The predicted octanol–water partition coefficient (Wildman–Crippen LogP) is 2.89. The Kier molecular flexibility index (Phi) is 30.6. The van der Waals surface area contributed by atoms with Gasteiger partial charge in [0, 0.05) is 23.5 Å². The van der Waals surface area contributed by atoms with E-state index in [4.69, 9.17) is 23.3 Å². The third-order valence-electron chi connectivity index (χ3n) is 2.67. The largest absolute Gasteiger partial charge is 0 e. The van der Waals surface area contributed by atoms with E-state index >= 15 is 0 Å². The van der Waals surface area contributed by atoms with Crippen molar-refractivity contribution in [2.24, 2.45) is 0 Å². The average Bonchev–Trinajstić information content (AvgIpc) is 2.80. The molecule has 2 rings (SSSR count). The van der Waals surface area contributed by atoms with Crippen molar-refractivity contribution in [3.8, 4) is 0 Å². The molecule has 2 aromatic carbocycles. The van der Waals surface area contributed by atoms with Crippen molar-refractivity contribution in [2.45, 2.75) is 11.5 Å². The fourth-order valence-electron chi connectivity index (χ4n) is 1.67. The zero-order valence-electron chi connectivity index (χ0n) is 15.0. The first-order valence-corrected chi connectivity index (χ1v) is 8.63. The first-order chi connectivity index (χ1) is 13.7. The molecule has 9 heteroatoms. The second-order valence-electron chi connectivity index (χ2n) is 4.23. The molecule has 0 aromatic heterocycles. The topological polar surface area (TPSA) is 123 Å². The van der Waals surface area contributed by atoms with Crippen molar-refractivity contribution in [1.82, 2.24) is 0 Å². The third kappa shape index (κ3) is 17.6. The van der Waals surface area contributed by atoms with Crippen LogP contribution in [-0.2, 0) is 56.9 Å². The number of ether oxygens (including phenoxy) is 1. The van der Waals surface area contributed by atoms with E-state index in [9.17, 15) is 8.42 Å². The van der Waals surface area contributed by atoms with Crippen LogP contribution in [0.2, 0.25) is 0 Å². The number of rotatable bonds is 7. The summed E-state index contributed by atoms with van der Waals surface area (Å²) in [6.45, 7) is 18.7. The van der Waals surface area contributed by atoms with Gasteiger partial charge in [0.15, 0.2) is 9.84 Å². The van der Waals surface area contributed by atoms with Crippen LogP contribution in [0.1, 0.15) is 5.56 Å². The van der Waals surface area contributed by atoms with E-state index in [0.717, 1.165) is 5.56 Å². The summed E-state index contributed by atoms with van der Waals surface area (Å²) < 4.78 is 59.2. The smallest absolute Gasteiger partial charge is 0 e. The van der Waals surface area contributed by atoms with Gasteiger partial charge in [-0.3, -0.25) is 0 Å². The van der Waals surface area contributed by atoms with E-state index in [1.165, 1.54) is 12.2 Å². The molecule has 152 valence electrons. The van der Waals surface area contributed by atoms with Crippen LogP contribution in [0, 0.1) is 38.8 Å². The molecular weight excluding hydrogens is 440 g/mol. The van der Waals surface area contributed by atoms with Crippen LogP contribution in [0.4, 0.5) is 0 Å². The Bertz CT molecular complexity index is 759. The van der Waals surface area contributed by atoms with E-state index in [2.05, 4.69) is 26.6 Å². The Morgan fingerprint density at radius 3 is 1.62 bits per heavy atom. The van der Waals surface area contributed by atoms with Gasteiger partial charge in [-0.2, -0.15) is 0 Å². The third-order valence-corrected chi connectivity index (χ3v) is 4.15. The van der Waals surface area contributed by atoms with Crippen molar-refractivity contribution in [1.29, 1.82) is 0 Å². The zero-order valence-corrected chi connectivity index (χ0v) is 16.9. The molecule has 0 N–H and O–H groups in total. The molecular formula is C20H16FeO7S. The summed E-state index contributed by atoms with van der Waals surface area (Å²) in [6.07, 6.45) is 1.52. The summed E-state index contributed by atoms with van der Waals surface area (Å²) >= 11 is 0. The van der Waals surface area contributed by atoms with Crippen LogP contribution < -0.4 is 0 Å². The van der Waals surface area contributed by atoms with Crippen LogP contribution in [0.15, 0.2) is 65.6 Å². The maximum Gasteiger partial charge on any atom is 0 e. The number of hydrogen-bond donors (Lipinski definition) is 0. The van der Waals surface area contributed by atoms with Gasteiger partial charge in [0.05, 0.1) is 23.9 Å². The van der Waals surface area contributed by atoms with Crippen molar-refractivity contribution in [3.05, 3.63) is 105 Å². The molecule has 0 atom stereocenters. The normalized spacial score (nSPS) is 8.14. The fraction of sp³-hybridized carbons (Fsp3) is 0.100. The molecule has 0 heterocycles. The Labute approximate surface area is 181 Å². The fourth-order valence-corrected chi connectivity index (χ4v) is 2.70. The molecule has 7 nitrogen and oxygen atoms in total. The Hall–Kier alpha value is -2.17. The molecule has 0 saturated carbocycles.